The molecular formula is C17H27NOS. The van der Waals surface area contributed by atoms with E-state index in [-0.39, 0.29) is 18.0 Å². The van der Waals surface area contributed by atoms with Crippen molar-refractivity contribution >= 4 is 17.7 Å². The van der Waals surface area contributed by atoms with E-state index in [4.69, 9.17) is 0 Å². The fraction of sp³-hybridized carbons (Fsp3) is 0.588. The van der Waals surface area contributed by atoms with Crippen LogP contribution in [0.5, 0.6) is 0 Å². The number of hydrogen-bond acceptors (Lipinski definition) is 2. The highest BCUT2D eigenvalue weighted by Gasteiger charge is 2.19. The fourth-order valence-corrected chi connectivity index (χ4v) is 3.11. The smallest absolute Gasteiger partial charge is 0.233 e. The molecule has 2 nitrogen and oxygen atoms in total. The highest BCUT2D eigenvalue weighted by molar-refractivity contribution is 8.00. The maximum atomic E-state index is 12.3. The molecule has 1 amide bonds. The second-order valence-corrected chi connectivity index (χ2v) is 7.05. The molecule has 112 valence electrons. The molecule has 0 aromatic heterocycles. The van der Waals surface area contributed by atoms with Gasteiger partial charge in [0, 0.05) is 17.0 Å². The van der Waals surface area contributed by atoms with Gasteiger partial charge < -0.3 is 4.90 Å². The Bertz CT molecular complexity index is 415. The molecule has 0 unspecified atom stereocenters. The fourth-order valence-electron chi connectivity index (χ4n) is 2.34. The minimum atomic E-state index is 0.216. The van der Waals surface area contributed by atoms with Crippen LogP contribution in [0.2, 0.25) is 0 Å². The number of hydrogen-bond donors (Lipinski definition) is 0. The Morgan fingerprint density at radius 1 is 1.00 bits per heavy atom. The SMILES string of the molecule is CC(C)c1ccc(SCC(=O)N(C(C)C)C(C)C)cc1. The van der Waals surface area contributed by atoms with Gasteiger partial charge in [-0.15, -0.1) is 11.8 Å². The van der Waals surface area contributed by atoms with Gasteiger partial charge in [0.15, 0.2) is 0 Å². The molecule has 0 N–H and O–H groups in total. The van der Waals surface area contributed by atoms with Gasteiger partial charge in [-0.3, -0.25) is 4.79 Å². The van der Waals surface area contributed by atoms with E-state index in [0.717, 1.165) is 4.90 Å². The molecule has 0 aliphatic carbocycles. The van der Waals surface area contributed by atoms with Crippen molar-refractivity contribution in [1.29, 1.82) is 0 Å². The lowest BCUT2D eigenvalue weighted by Crippen LogP contribution is -2.43. The second kappa shape index (κ2) is 7.72. The van der Waals surface area contributed by atoms with Crippen LogP contribution in [0.15, 0.2) is 29.2 Å². The second-order valence-electron chi connectivity index (χ2n) is 6.00. The lowest BCUT2D eigenvalue weighted by Gasteiger charge is -2.30. The van der Waals surface area contributed by atoms with Crippen LogP contribution in [0.1, 0.15) is 53.0 Å². The number of benzene rings is 1. The molecule has 0 bridgehead atoms. The first-order valence-electron chi connectivity index (χ1n) is 7.36. The van der Waals surface area contributed by atoms with E-state index in [1.54, 1.807) is 11.8 Å². The van der Waals surface area contributed by atoms with Crippen LogP contribution in [0.4, 0.5) is 0 Å². The number of amides is 1. The van der Waals surface area contributed by atoms with Gasteiger partial charge >= 0.3 is 0 Å². The Morgan fingerprint density at radius 3 is 1.90 bits per heavy atom. The Hall–Kier alpha value is -0.960. The Balaban J connectivity index is 2.60. The number of carbonyl (C=O) groups excluding carboxylic acids is 1. The topological polar surface area (TPSA) is 20.3 Å². The Morgan fingerprint density at radius 2 is 1.50 bits per heavy atom. The lowest BCUT2D eigenvalue weighted by molar-refractivity contribution is -0.131. The van der Waals surface area contributed by atoms with Crippen molar-refractivity contribution in [2.45, 2.75) is 64.4 Å². The summed E-state index contributed by atoms with van der Waals surface area (Å²) in [5, 5.41) is 0. The number of nitrogens with zero attached hydrogens (tertiary/aromatic N) is 1. The first-order chi connectivity index (χ1) is 9.32. The largest absolute Gasteiger partial charge is 0.337 e. The molecule has 0 heterocycles. The molecule has 3 heteroatoms. The Labute approximate surface area is 127 Å². The molecule has 0 atom stereocenters. The van der Waals surface area contributed by atoms with Crippen LogP contribution >= 0.6 is 11.8 Å². The average Bonchev–Trinajstić information content (AvgIpc) is 2.36. The zero-order valence-electron chi connectivity index (χ0n) is 13.5. The summed E-state index contributed by atoms with van der Waals surface area (Å²) in [4.78, 5) is 15.4. The summed E-state index contributed by atoms with van der Waals surface area (Å²) in [6.45, 7) is 12.7. The summed E-state index contributed by atoms with van der Waals surface area (Å²) < 4.78 is 0. The predicted molar refractivity (Wildman–Crippen MR) is 88.4 cm³/mol. The molecule has 0 aliphatic heterocycles. The van der Waals surface area contributed by atoms with Crippen LogP contribution < -0.4 is 0 Å². The van der Waals surface area contributed by atoms with Gasteiger partial charge in [-0.1, -0.05) is 26.0 Å². The summed E-state index contributed by atoms with van der Waals surface area (Å²) in [5.74, 6) is 1.28. The van der Waals surface area contributed by atoms with Crippen LogP contribution in [0, 0.1) is 0 Å². The molecule has 0 saturated carbocycles. The van der Waals surface area contributed by atoms with Crippen molar-refractivity contribution in [1.82, 2.24) is 4.90 Å². The van der Waals surface area contributed by atoms with Crippen molar-refractivity contribution in [2.75, 3.05) is 5.75 Å². The van der Waals surface area contributed by atoms with E-state index in [2.05, 4.69) is 65.8 Å². The third kappa shape index (κ3) is 4.86. The standard InChI is InChI=1S/C17H27NOS/c1-12(2)15-7-9-16(10-8-15)20-11-17(19)18(13(3)4)14(5)6/h7-10,12-14H,11H2,1-6H3. The zero-order valence-corrected chi connectivity index (χ0v) is 14.3. The van der Waals surface area contributed by atoms with Gasteiger partial charge in [0.05, 0.1) is 5.75 Å². The predicted octanol–water partition coefficient (Wildman–Crippen LogP) is 4.55. The quantitative estimate of drug-likeness (QED) is 0.717. The lowest BCUT2D eigenvalue weighted by atomic mass is 10.0. The molecule has 0 spiro atoms. The van der Waals surface area contributed by atoms with Crippen LogP contribution in [-0.2, 0) is 4.79 Å². The van der Waals surface area contributed by atoms with Gasteiger partial charge in [0.25, 0.3) is 0 Å². The first kappa shape index (κ1) is 17.1. The van der Waals surface area contributed by atoms with Crippen molar-refractivity contribution in [3.8, 4) is 0 Å². The third-order valence-electron chi connectivity index (χ3n) is 3.31. The van der Waals surface area contributed by atoms with Gasteiger partial charge in [-0.05, 0) is 51.3 Å². The molecule has 1 rings (SSSR count). The summed E-state index contributed by atoms with van der Waals surface area (Å²) in [5.41, 5.74) is 1.34. The normalized spacial score (nSPS) is 11.4. The molecular weight excluding hydrogens is 266 g/mol. The molecule has 0 aliphatic rings. The van der Waals surface area contributed by atoms with Crippen LogP contribution in [-0.4, -0.2) is 28.6 Å². The van der Waals surface area contributed by atoms with E-state index < -0.39 is 0 Å². The van der Waals surface area contributed by atoms with E-state index >= 15 is 0 Å². The first-order valence-corrected chi connectivity index (χ1v) is 8.35. The molecule has 0 saturated heterocycles. The van der Waals surface area contributed by atoms with Gasteiger partial charge in [0.2, 0.25) is 5.91 Å². The summed E-state index contributed by atoms with van der Waals surface area (Å²) >= 11 is 1.62. The maximum absolute atomic E-state index is 12.3. The molecule has 1 aromatic carbocycles. The van der Waals surface area contributed by atoms with Crippen molar-refractivity contribution in [3.63, 3.8) is 0 Å². The molecule has 20 heavy (non-hydrogen) atoms. The summed E-state index contributed by atoms with van der Waals surface area (Å²) in [6, 6.07) is 9.04. The highest BCUT2D eigenvalue weighted by atomic mass is 32.2. The number of carbonyl (C=O) groups is 1. The number of rotatable bonds is 6. The minimum Gasteiger partial charge on any atom is -0.337 e. The molecule has 0 radical (unpaired) electrons. The van der Waals surface area contributed by atoms with Crippen molar-refractivity contribution in [3.05, 3.63) is 29.8 Å². The van der Waals surface area contributed by atoms with E-state index in [1.807, 2.05) is 4.90 Å². The van der Waals surface area contributed by atoms with Gasteiger partial charge in [-0.25, -0.2) is 0 Å². The third-order valence-corrected chi connectivity index (χ3v) is 4.31. The maximum Gasteiger partial charge on any atom is 0.233 e. The zero-order chi connectivity index (χ0) is 15.3. The highest BCUT2D eigenvalue weighted by Crippen LogP contribution is 2.22. The van der Waals surface area contributed by atoms with Crippen molar-refractivity contribution in [2.24, 2.45) is 0 Å². The average molecular weight is 293 g/mol. The Kier molecular flexibility index (Phi) is 6.60. The van der Waals surface area contributed by atoms with E-state index in [0.29, 0.717) is 11.7 Å². The molecule has 1 aromatic rings. The van der Waals surface area contributed by atoms with Crippen LogP contribution in [0.3, 0.4) is 0 Å². The minimum absolute atomic E-state index is 0.216. The van der Waals surface area contributed by atoms with E-state index in [1.165, 1.54) is 5.56 Å². The van der Waals surface area contributed by atoms with Crippen LogP contribution in [0.25, 0.3) is 0 Å². The van der Waals surface area contributed by atoms with Crippen molar-refractivity contribution < 1.29 is 4.79 Å². The summed E-state index contributed by atoms with van der Waals surface area (Å²) in [7, 11) is 0. The van der Waals surface area contributed by atoms with Gasteiger partial charge in [-0.2, -0.15) is 0 Å². The number of thioether (sulfide) groups is 1. The summed E-state index contributed by atoms with van der Waals surface area (Å²) in [6.07, 6.45) is 0. The molecule has 0 fully saturated rings. The van der Waals surface area contributed by atoms with Gasteiger partial charge in [0.1, 0.15) is 0 Å². The monoisotopic (exact) mass is 293 g/mol. The van der Waals surface area contributed by atoms with E-state index in [9.17, 15) is 4.79 Å².